The molecule has 0 radical (unpaired) electrons. The molecular formula is C14H12N2O. The number of aromatic nitrogens is 1. The summed E-state index contributed by atoms with van der Waals surface area (Å²) in [7, 11) is 0. The van der Waals surface area contributed by atoms with Crippen molar-refractivity contribution in [2.75, 3.05) is 5.73 Å². The first-order chi connectivity index (χ1) is 8.25. The summed E-state index contributed by atoms with van der Waals surface area (Å²) in [6.07, 6.45) is 1.66. The first-order valence-corrected chi connectivity index (χ1v) is 5.46. The highest BCUT2D eigenvalue weighted by molar-refractivity contribution is 5.97. The van der Waals surface area contributed by atoms with Crippen molar-refractivity contribution in [1.82, 2.24) is 4.98 Å². The molecule has 84 valence electrons. The Labute approximate surface area is 98.9 Å². The van der Waals surface area contributed by atoms with Crippen LogP contribution in [0, 0.1) is 6.92 Å². The van der Waals surface area contributed by atoms with Crippen molar-refractivity contribution in [2.45, 2.75) is 6.92 Å². The summed E-state index contributed by atoms with van der Waals surface area (Å²) < 4.78 is 5.38. The van der Waals surface area contributed by atoms with Gasteiger partial charge in [-0.2, -0.15) is 0 Å². The van der Waals surface area contributed by atoms with Crippen LogP contribution in [0.5, 0.6) is 0 Å². The van der Waals surface area contributed by atoms with Gasteiger partial charge in [-0.15, -0.1) is 0 Å². The normalized spacial score (nSPS) is 10.9. The first-order valence-electron chi connectivity index (χ1n) is 5.46. The zero-order valence-corrected chi connectivity index (χ0v) is 9.47. The summed E-state index contributed by atoms with van der Waals surface area (Å²) in [5.74, 6) is 0.707. The van der Waals surface area contributed by atoms with Crippen LogP contribution in [0.15, 0.2) is 47.0 Å². The summed E-state index contributed by atoms with van der Waals surface area (Å²) in [5, 5.41) is 2.38. The Bertz CT molecular complexity index is 686. The maximum atomic E-state index is 5.51. The van der Waals surface area contributed by atoms with Crippen LogP contribution in [0.25, 0.3) is 22.1 Å². The van der Waals surface area contributed by atoms with E-state index < -0.39 is 0 Å². The Morgan fingerprint density at radius 2 is 1.82 bits per heavy atom. The molecular weight excluding hydrogens is 212 g/mol. The summed E-state index contributed by atoms with van der Waals surface area (Å²) in [6, 6.07) is 12.6. The van der Waals surface area contributed by atoms with E-state index in [-0.39, 0.29) is 6.01 Å². The topological polar surface area (TPSA) is 52.0 Å². The Balaban J connectivity index is 2.34. The van der Waals surface area contributed by atoms with Gasteiger partial charge < -0.3 is 10.2 Å². The average molecular weight is 224 g/mol. The van der Waals surface area contributed by atoms with Gasteiger partial charge in [-0.3, -0.25) is 0 Å². The minimum Gasteiger partial charge on any atom is -0.424 e. The largest absolute Gasteiger partial charge is 0.424 e. The molecule has 2 N–H and O–H groups in total. The summed E-state index contributed by atoms with van der Waals surface area (Å²) in [6.45, 7) is 2.10. The molecule has 0 aliphatic heterocycles. The van der Waals surface area contributed by atoms with Crippen molar-refractivity contribution in [3.8, 4) is 11.3 Å². The highest BCUT2D eigenvalue weighted by Crippen LogP contribution is 2.31. The molecule has 0 aliphatic carbocycles. The lowest BCUT2D eigenvalue weighted by atomic mass is 9.99. The lowest BCUT2D eigenvalue weighted by molar-refractivity contribution is 0.595. The number of hydrogen-bond donors (Lipinski definition) is 1. The molecule has 3 aromatic rings. The molecule has 3 nitrogen and oxygen atoms in total. The molecule has 0 aliphatic rings. The van der Waals surface area contributed by atoms with Gasteiger partial charge in [-0.05, 0) is 23.3 Å². The Kier molecular flexibility index (Phi) is 2.11. The predicted octanol–water partition coefficient (Wildman–Crippen LogP) is 3.39. The third-order valence-electron chi connectivity index (χ3n) is 2.93. The standard InChI is InChI=1S/C14H12N2O/c1-9-6-7-12(13-8-16-14(15)17-13)11-5-3-2-4-10(9)11/h2-8H,1H3,(H2,15,16). The van der Waals surface area contributed by atoms with Crippen LogP contribution in [0.3, 0.4) is 0 Å². The smallest absolute Gasteiger partial charge is 0.292 e. The quantitative estimate of drug-likeness (QED) is 0.689. The fraction of sp³-hybridized carbons (Fsp3) is 0.0714. The van der Waals surface area contributed by atoms with E-state index in [4.69, 9.17) is 10.2 Å². The van der Waals surface area contributed by atoms with Gasteiger partial charge in [-0.25, -0.2) is 4.98 Å². The summed E-state index contributed by atoms with van der Waals surface area (Å²) in [5.41, 5.74) is 7.78. The Morgan fingerprint density at radius 3 is 2.53 bits per heavy atom. The second-order valence-corrected chi connectivity index (χ2v) is 4.04. The molecule has 0 spiro atoms. The van der Waals surface area contributed by atoms with Crippen LogP contribution >= 0.6 is 0 Å². The highest BCUT2D eigenvalue weighted by Gasteiger charge is 2.09. The van der Waals surface area contributed by atoms with Crippen LogP contribution in [0.2, 0.25) is 0 Å². The van der Waals surface area contributed by atoms with E-state index in [1.54, 1.807) is 6.20 Å². The van der Waals surface area contributed by atoms with Gasteiger partial charge in [0.25, 0.3) is 6.01 Å². The molecule has 2 aromatic carbocycles. The van der Waals surface area contributed by atoms with E-state index in [2.05, 4.69) is 30.1 Å². The van der Waals surface area contributed by atoms with Gasteiger partial charge in [0, 0.05) is 5.56 Å². The van der Waals surface area contributed by atoms with Crippen molar-refractivity contribution in [3.63, 3.8) is 0 Å². The number of nitrogens with two attached hydrogens (primary N) is 1. The van der Waals surface area contributed by atoms with Crippen LogP contribution in [0.4, 0.5) is 6.01 Å². The summed E-state index contributed by atoms with van der Waals surface area (Å²) in [4.78, 5) is 3.93. The maximum absolute atomic E-state index is 5.51. The lowest BCUT2D eigenvalue weighted by Gasteiger charge is -2.06. The molecule has 0 saturated heterocycles. The predicted molar refractivity (Wildman–Crippen MR) is 68.6 cm³/mol. The number of hydrogen-bond acceptors (Lipinski definition) is 3. The van der Waals surface area contributed by atoms with Crippen molar-refractivity contribution in [3.05, 3.63) is 48.2 Å². The molecule has 0 unspecified atom stereocenters. The van der Waals surface area contributed by atoms with E-state index in [1.165, 1.54) is 10.9 Å². The Hall–Kier alpha value is -2.29. The molecule has 3 heteroatoms. The maximum Gasteiger partial charge on any atom is 0.292 e. The molecule has 0 amide bonds. The number of oxazole rings is 1. The van der Waals surface area contributed by atoms with Crippen LogP contribution in [0.1, 0.15) is 5.56 Å². The van der Waals surface area contributed by atoms with Crippen LogP contribution in [-0.2, 0) is 0 Å². The van der Waals surface area contributed by atoms with E-state index in [0.29, 0.717) is 5.76 Å². The van der Waals surface area contributed by atoms with Crippen molar-refractivity contribution in [1.29, 1.82) is 0 Å². The third kappa shape index (κ3) is 1.56. The number of nitrogens with zero attached hydrogens (tertiary/aromatic N) is 1. The number of anilines is 1. The highest BCUT2D eigenvalue weighted by atomic mass is 16.4. The second kappa shape index (κ2) is 3.63. The van der Waals surface area contributed by atoms with Crippen LogP contribution < -0.4 is 5.73 Å². The third-order valence-corrected chi connectivity index (χ3v) is 2.93. The first kappa shape index (κ1) is 9.90. The SMILES string of the molecule is Cc1ccc(-c2cnc(N)o2)c2ccccc12. The zero-order valence-electron chi connectivity index (χ0n) is 9.47. The molecule has 0 bridgehead atoms. The van der Waals surface area contributed by atoms with Crippen molar-refractivity contribution in [2.24, 2.45) is 0 Å². The lowest BCUT2D eigenvalue weighted by Crippen LogP contribution is -1.83. The Morgan fingerprint density at radius 1 is 1.06 bits per heavy atom. The van der Waals surface area contributed by atoms with Gasteiger partial charge in [0.15, 0.2) is 5.76 Å². The fourth-order valence-corrected chi connectivity index (χ4v) is 2.08. The summed E-state index contributed by atoms with van der Waals surface area (Å²) >= 11 is 0. The molecule has 17 heavy (non-hydrogen) atoms. The molecule has 1 heterocycles. The van der Waals surface area contributed by atoms with E-state index in [9.17, 15) is 0 Å². The average Bonchev–Trinajstić information content (AvgIpc) is 2.77. The molecule has 0 saturated carbocycles. The van der Waals surface area contributed by atoms with Gasteiger partial charge >= 0.3 is 0 Å². The molecule has 0 atom stereocenters. The van der Waals surface area contributed by atoms with E-state index in [1.807, 2.05) is 18.2 Å². The van der Waals surface area contributed by atoms with E-state index in [0.717, 1.165) is 10.9 Å². The molecule has 0 fully saturated rings. The van der Waals surface area contributed by atoms with Gasteiger partial charge in [0.2, 0.25) is 0 Å². The van der Waals surface area contributed by atoms with Crippen molar-refractivity contribution >= 4 is 16.8 Å². The minimum atomic E-state index is 0.199. The number of benzene rings is 2. The molecule has 1 aromatic heterocycles. The van der Waals surface area contributed by atoms with Gasteiger partial charge in [0.1, 0.15) is 0 Å². The number of fused-ring (bicyclic) bond motifs is 1. The van der Waals surface area contributed by atoms with Gasteiger partial charge in [0.05, 0.1) is 6.20 Å². The van der Waals surface area contributed by atoms with E-state index >= 15 is 0 Å². The minimum absolute atomic E-state index is 0.199. The number of nitrogen functional groups attached to an aromatic ring is 1. The number of rotatable bonds is 1. The number of aryl methyl sites for hydroxylation is 1. The fourth-order valence-electron chi connectivity index (χ4n) is 2.08. The zero-order chi connectivity index (χ0) is 11.8. The molecule has 3 rings (SSSR count). The van der Waals surface area contributed by atoms with Crippen LogP contribution in [-0.4, -0.2) is 4.98 Å². The van der Waals surface area contributed by atoms with Crippen molar-refractivity contribution < 1.29 is 4.42 Å². The monoisotopic (exact) mass is 224 g/mol. The van der Waals surface area contributed by atoms with Gasteiger partial charge in [-0.1, -0.05) is 36.4 Å². The second-order valence-electron chi connectivity index (χ2n) is 4.04.